The fraction of sp³-hybridized carbons (Fsp3) is 0.744. The second-order valence-electron chi connectivity index (χ2n) is 14.4. The fourth-order valence-corrected chi connectivity index (χ4v) is 6.72. The zero-order valence-electron chi connectivity index (χ0n) is 31.5. The van der Waals surface area contributed by atoms with E-state index in [4.69, 9.17) is 33.3 Å². The molecular weight excluding hydrogens is 676 g/mol. The van der Waals surface area contributed by atoms with Crippen LogP contribution < -0.4 is 0 Å². The highest BCUT2D eigenvalue weighted by Crippen LogP contribution is 2.47. The zero-order chi connectivity index (χ0) is 38.1. The summed E-state index contributed by atoms with van der Waals surface area (Å²) >= 11 is 0. The van der Waals surface area contributed by atoms with Gasteiger partial charge in [-0.1, -0.05) is 65.2 Å². The van der Waals surface area contributed by atoms with Crippen LogP contribution in [0.15, 0.2) is 48.8 Å². The zero-order valence-corrected chi connectivity index (χ0v) is 31.5. The molecular formula is C39H62O13. The van der Waals surface area contributed by atoms with E-state index in [1.807, 2.05) is 0 Å². The van der Waals surface area contributed by atoms with Crippen LogP contribution in [0.4, 0.5) is 0 Å². The summed E-state index contributed by atoms with van der Waals surface area (Å²) in [5.74, 6) is -3.42. The number of rotatable bonds is 12. The molecule has 52 heavy (non-hydrogen) atoms. The monoisotopic (exact) mass is 738 g/mol. The van der Waals surface area contributed by atoms with Crippen molar-refractivity contribution in [3.8, 4) is 0 Å². The molecule has 3 aliphatic heterocycles. The Labute approximate surface area is 308 Å². The Morgan fingerprint density at radius 1 is 1.04 bits per heavy atom. The minimum Gasteiger partial charge on any atom is -0.493 e. The number of fused-ring (bicyclic) bond motifs is 4. The van der Waals surface area contributed by atoms with Crippen LogP contribution in [0.5, 0.6) is 0 Å². The maximum Gasteiger partial charge on any atom is 0.366 e. The third kappa shape index (κ3) is 13.7. The highest BCUT2D eigenvalue weighted by Gasteiger charge is 2.57. The van der Waals surface area contributed by atoms with Gasteiger partial charge in [0.1, 0.15) is 6.10 Å². The lowest BCUT2D eigenvalue weighted by atomic mass is 9.74. The normalized spacial score (nSPS) is 33.3. The summed E-state index contributed by atoms with van der Waals surface area (Å²) in [4.78, 5) is 35.5. The van der Waals surface area contributed by atoms with Gasteiger partial charge in [-0.25, -0.2) is 4.79 Å². The number of hydrogen-bond acceptors (Lipinski definition) is 13. The van der Waals surface area contributed by atoms with Crippen LogP contribution in [-0.2, 0) is 47.8 Å². The predicted molar refractivity (Wildman–Crippen MR) is 191 cm³/mol. The maximum absolute atomic E-state index is 13.3. The maximum atomic E-state index is 13.3. The number of unbranched alkanes of at least 4 members (excludes halogenated alkanes) is 4. The quantitative estimate of drug-likeness (QED) is 0.0592. The first-order valence-corrected chi connectivity index (χ1v) is 18.7. The second kappa shape index (κ2) is 21.9. The lowest BCUT2D eigenvalue weighted by molar-refractivity contribution is -0.327. The highest BCUT2D eigenvalue weighted by molar-refractivity contribution is 5.82. The van der Waals surface area contributed by atoms with Gasteiger partial charge in [0.15, 0.2) is 12.4 Å². The molecule has 0 amide bonds. The van der Waals surface area contributed by atoms with Gasteiger partial charge < -0.3 is 43.7 Å². The summed E-state index contributed by atoms with van der Waals surface area (Å²) < 4.78 is 36.8. The Morgan fingerprint density at radius 2 is 1.77 bits per heavy atom. The van der Waals surface area contributed by atoms with Gasteiger partial charge in [0.25, 0.3) is 0 Å². The summed E-state index contributed by atoms with van der Waals surface area (Å²) in [5.41, 5.74) is -1.08. The SMILES string of the molecule is C=CC[C@H]1CC2CCOCC[C@@H](O)CC(=C)O[C@@H](CO)C[C@@H]3C/C(=C\C(=O)OOC)[C@H](OC(=O)CCCCCCC)[C@@](O)(O3)C(C)(C)/C=C/[C@H](O2)O1. The summed E-state index contributed by atoms with van der Waals surface area (Å²) in [6.07, 6.45) is 8.29. The van der Waals surface area contributed by atoms with E-state index >= 15 is 0 Å². The number of hydrogen-bond donors (Lipinski definition) is 3. The molecule has 2 fully saturated rings. The molecule has 1 unspecified atom stereocenters. The number of esters is 1. The molecule has 2 saturated heterocycles. The number of carbonyl (C=O) groups is 2. The van der Waals surface area contributed by atoms with Crippen LogP contribution in [0.2, 0.25) is 0 Å². The van der Waals surface area contributed by atoms with Crippen molar-refractivity contribution in [1.29, 1.82) is 0 Å². The standard InChI is InChI=1S/C39H62O13/c1-7-9-10-11-12-14-34(42)50-37-28(23-35(43)52-45-6)22-32-25-33(26-40)47-27(3)21-29(41)16-19-46-20-17-31-24-30(13-8-2)48-36(49-31)15-18-38(4,5)39(37,44)51-32/h8,15,18,23,29-33,36-37,40-41,44H,2-3,7,9-14,16-17,19-22,24-26H2,1,4-6H3/b18-15+,28-23+/t29-,30+,31?,32+,33-,36+,37+,39-/m1/s1. The van der Waals surface area contributed by atoms with E-state index in [1.54, 1.807) is 32.1 Å². The van der Waals surface area contributed by atoms with Crippen LogP contribution in [0.25, 0.3) is 0 Å². The second-order valence-corrected chi connectivity index (χ2v) is 14.4. The first-order chi connectivity index (χ1) is 24.8. The molecule has 0 aromatic rings. The molecule has 13 heteroatoms. The summed E-state index contributed by atoms with van der Waals surface area (Å²) in [5, 5.41) is 33.6. The Balaban J connectivity index is 2.05. The molecule has 4 bridgehead atoms. The Kier molecular flexibility index (Phi) is 18.5. The molecule has 13 nitrogen and oxygen atoms in total. The van der Waals surface area contributed by atoms with Crippen molar-refractivity contribution in [2.75, 3.05) is 26.9 Å². The van der Waals surface area contributed by atoms with Gasteiger partial charge in [-0.15, -0.1) is 6.58 Å². The molecule has 3 aliphatic rings. The van der Waals surface area contributed by atoms with E-state index in [0.29, 0.717) is 45.3 Å². The van der Waals surface area contributed by atoms with E-state index < -0.39 is 60.5 Å². The highest BCUT2D eigenvalue weighted by atomic mass is 17.2. The largest absolute Gasteiger partial charge is 0.493 e. The van der Waals surface area contributed by atoms with Crippen LogP contribution in [0.1, 0.15) is 104 Å². The Bertz CT molecular complexity index is 1200. The van der Waals surface area contributed by atoms with Gasteiger partial charge in [-0.3, -0.25) is 9.68 Å². The number of aliphatic hydroxyl groups is 3. The van der Waals surface area contributed by atoms with E-state index in [0.717, 1.165) is 31.8 Å². The third-order valence-corrected chi connectivity index (χ3v) is 9.61. The average Bonchev–Trinajstić information content (AvgIpc) is 3.08. The lowest BCUT2D eigenvalue weighted by Crippen LogP contribution is -2.62. The molecule has 296 valence electrons. The molecule has 0 aromatic heterocycles. The fourth-order valence-electron chi connectivity index (χ4n) is 6.72. The van der Waals surface area contributed by atoms with Crippen molar-refractivity contribution in [2.24, 2.45) is 5.41 Å². The number of aliphatic hydroxyl groups excluding tert-OH is 2. The van der Waals surface area contributed by atoms with Crippen molar-refractivity contribution >= 4 is 11.9 Å². The van der Waals surface area contributed by atoms with Gasteiger partial charge >= 0.3 is 11.9 Å². The topological polar surface area (TPSA) is 169 Å². The number of ether oxygens (including phenoxy) is 6. The molecule has 0 aromatic carbocycles. The summed E-state index contributed by atoms with van der Waals surface area (Å²) in [6, 6.07) is 0. The van der Waals surface area contributed by atoms with Crippen molar-refractivity contribution in [3.63, 3.8) is 0 Å². The van der Waals surface area contributed by atoms with Crippen LogP contribution in [0, 0.1) is 5.41 Å². The Morgan fingerprint density at radius 3 is 2.48 bits per heavy atom. The van der Waals surface area contributed by atoms with Gasteiger partial charge in [0.2, 0.25) is 5.79 Å². The summed E-state index contributed by atoms with van der Waals surface area (Å²) in [7, 11) is 1.19. The van der Waals surface area contributed by atoms with E-state index in [-0.39, 0.29) is 49.2 Å². The van der Waals surface area contributed by atoms with Crippen molar-refractivity contribution in [1.82, 2.24) is 0 Å². The van der Waals surface area contributed by atoms with Crippen LogP contribution in [0.3, 0.4) is 0 Å². The predicted octanol–water partition coefficient (Wildman–Crippen LogP) is 5.27. The molecule has 3 N–H and O–H groups in total. The molecule has 0 radical (unpaired) electrons. The van der Waals surface area contributed by atoms with E-state index in [2.05, 4.69) is 25.0 Å². The van der Waals surface area contributed by atoms with Gasteiger partial charge in [-0.2, -0.15) is 4.89 Å². The molecule has 0 aliphatic carbocycles. The van der Waals surface area contributed by atoms with E-state index in [9.17, 15) is 24.9 Å². The van der Waals surface area contributed by atoms with Gasteiger partial charge in [0.05, 0.1) is 43.9 Å². The molecule has 0 saturated carbocycles. The first kappa shape index (κ1) is 43.8. The lowest BCUT2D eigenvalue weighted by Gasteiger charge is -2.51. The minimum absolute atomic E-state index is 0.0153. The third-order valence-electron chi connectivity index (χ3n) is 9.61. The average molecular weight is 739 g/mol. The Hall–Kier alpha value is -2.62. The van der Waals surface area contributed by atoms with E-state index in [1.165, 1.54) is 7.11 Å². The van der Waals surface area contributed by atoms with Crippen molar-refractivity contribution in [2.45, 2.75) is 153 Å². The van der Waals surface area contributed by atoms with Gasteiger partial charge in [0, 0.05) is 50.4 Å². The number of carbonyl (C=O) groups excluding carboxylic acids is 2. The minimum atomic E-state index is -2.25. The van der Waals surface area contributed by atoms with Crippen LogP contribution in [-0.4, -0.2) is 103 Å². The smallest absolute Gasteiger partial charge is 0.366 e. The van der Waals surface area contributed by atoms with Crippen molar-refractivity contribution in [3.05, 3.63) is 48.8 Å². The van der Waals surface area contributed by atoms with Crippen LogP contribution >= 0.6 is 0 Å². The molecule has 3 heterocycles. The molecule has 3 rings (SSSR count). The molecule has 0 spiro atoms. The first-order valence-electron chi connectivity index (χ1n) is 18.7. The molecule has 8 atom stereocenters. The summed E-state index contributed by atoms with van der Waals surface area (Å²) in [6.45, 7) is 13.7. The van der Waals surface area contributed by atoms with Crippen molar-refractivity contribution < 1.29 is 63.1 Å². The van der Waals surface area contributed by atoms with Gasteiger partial charge in [-0.05, 0) is 43.8 Å².